The molecule has 0 aromatic carbocycles. The molecule has 0 spiro atoms. The summed E-state index contributed by atoms with van der Waals surface area (Å²) >= 11 is 0. The van der Waals surface area contributed by atoms with Crippen LogP contribution in [0.5, 0.6) is 0 Å². The normalized spacial score (nSPS) is 25.2. The largest absolute Gasteiger partial charge is 0.339 e. The van der Waals surface area contributed by atoms with Crippen molar-refractivity contribution >= 4 is 15.9 Å². The summed E-state index contributed by atoms with van der Waals surface area (Å²) in [5.41, 5.74) is 0. The molecule has 1 N–H and O–H groups in total. The van der Waals surface area contributed by atoms with E-state index in [9.17, 15) is 13.2 Å². The van der Waals surface area contributed by atoms with Crippen LogP contribution in [0.1, 0.15) is 38.5 Å². The molecule has 0 radical (unpaired) electrons. The van der Waals surface area contributed by atoms with Gasteiger partial charge in [-0.05, 0) is 38.5 Å². The fourth-order valence-corrected chi connectivity index (χ4v) is 3.06. The zero-order chi connectivity index (χ0) is 13.2. The maximum Gasteiger partial charge on any atom is 0.225 e. The minimum Gasteiger partial charge on any atom is -0.339 e. The van der Waals surface area contributed by atoms with Gasteiger partial charge in [0.2, 0.25) is 15.9 Å². The average Bonchev–Trinajstić information content (AvgIpc) is 3.11. The molecule has 0 aromatic rings. The van der Waals surface area contributed by atoms with Crippen molar-refractivity contribution in [1.82, 2.24) is 9.62 Å². The van der Waals surface area contributed by atoms with Gasteiger partial charge in [-0.2, -0.15) is 0 Å². The summed E-state index contributed by atoms with van der Waals surface area (Å²) in [6.07, 6.45) is 7.18. The van der Waals surface area contributed by atoms with Crippen LogP contribution in [0.2, 0.25) is 0 Å². The van der Waals surface area contributed by atoms with Gasteiger partial charge in [-0.15, -0.1) is 0 Å². The molecule has 1 aliphatic carbocycles. The first-order valence-electron chi connectivity index (χ1n) is 6.72. The van der Waals surface area contributed by atoms with Crippen molar-refractivity contribution in [3.8, 4) is 0 Å². The van der Waals surface area contributed by atoms with E-state index in [1.54, 1.807) is 0 Å². The highest BCUT2D eigenvalue weighted by molar-refractivity contribution is 7.88. The Morgan fingerprint density at radius 2 is 2.00 bits per heavy atom. The lowest BCUT2D eigenvalue weighted by atomic mass is 9.99. The maximum absolute atomic E-state index is 12.1. The van der Waals surface area contributed by atoms with E-state index in [2.05, 4.69) is 4.72 Å². The van der Waals surface area contributed by atoms with E-state index in [1.807, 2.05) is 4.90 Å². The van der Waals surface area contributed by atoms with Crippen molar-refractivity contribution in [2.24, 2.45) is 5.92 Å². The molecule has 1 heterocycles. The summed E-state index contributed by atoms with van der Waals surface area (Å²) in [5.74, 6) is 0.549. The molecule has 6 heteroatoms. The first-order valence-corrected chi connectivity index (χ1v) is 8.61. The van der Waals surface area contributed by atoms with Crippen molar-refractivity contribution in [3.05, 3.63) is 0 Å². The Morgan fingerprint density at radius 3 is 2.61 bits per heavy atom. The number of likely N-dealkylation sites (tertiary alicyclic amines) is 1. The minimum absolute atomic E-state index is 0.223. The zero-order valence-corrected chi connectivity index (χ0v) is 11.7. The van der Waals surface area contributed by atoms with Gasteiger partial charge >= 0.3 is 0 Å². The van der Waals surface area contributed by atoms with Crippen LogP contribution in [0.25, 0.3) is 0 Å². The lowest BCUT2D eigenvalue weighted by molar-refractivity contribution is -0.136. The molecular formula is C12H22N2O3S. The van der Waals surface area contributed by atoms with Crippen LogP contribution in [0, 0.1) is 5.92 Å². The monoisotopic (exact) mass is 274 g/mol. The quantitative estimate of drug-likeness (QED) is 0.803. The zero-order valence-electron chi connectivity index (χ0n) is 10.9. The summed E-state index contributed by atoms with van der Waals surface area (Å²) < 4.78 is 24.5. The van der Waals surface area contributed by atoms with Gasteiger partial charge in [0.1, 0.15) is 0 Å². The van der Waals surface area contributed by atoms with Crippen molar-refractivity contribution in [1.29, 1.82) is 0 Å². The molecule has 2 aliphatic rings. The van der Waals surface area contributed by atoms with Crippen molar-refractivity contribution in [3.63, 3.8) is 0 Å². The van der Waals surface area contributed by atoms with Gasteiger partial charge in [0.25, 0.3) is 0 Å². The molecule has 1 unspecified atom stereocenters. The second-order valence-corrected chi connectivity index (χ2v) is 7.24. The summed E-state index contributed by atoms with van der Waals surface area (Å²) in [5, 5.41) is 0. The van der Waals surface area contributed by atoms with E-state index in [0.717, 1.165) is 45.1 Å². The predicted molar refractivity (Wildman–Crippen MR) is 69.5 cm³/mol. The van der Waals surface area contributed by atoms with Gasteiger partial charge in [-0.25, -0.2) is 13.1 Å². The van der Waals surface area contributed by atoms with Crippen LogP contribution < -0.4 is 4.72 Å². The summed E-state index contributed by atoms with van der Waals surface area (Å²) in [6.45, 7) is 1.27. The van der Waals surface area contributed by atoms with Crippen LogP contribution in [0.3, 0.4) is 0 Å². The molecule has 1 atom stereocenters. The molecule has 1 aliphatic heterocycles. The van der Waals surface area contributed by atoms with Gasteiger partial charge in [0.05, 0.1) is 6.26 Å². The third kappa shape index (κ3) is 3.95. The smallest absolute Gasteiger partial charge is 0.225 e. The van der Waals surface area contributed by atoms with E-state index in [-0.39, 0.29) is 12.0 Å². The molecule has 1 saturated carbocycles. The number of rotatable bonds is 5. The standard InChI is InChI=1S/C12H22N2O3S/c1-18(16,17)13-8-7-11-4-2-3-9-14(11)12(15)10-5-6-10/h10-11,13H,2-9H2,1H3. The van der Waals surface area contributed by atoms with Crippen LogP contribution in [-0.2, 0) is 14.8 Å². The van der Waals surface area contributed by atoms with Crippen LogP contribution >= 0.6 is 0 Å². The van der Waals surface area contributed by atoms with Gasteiger partial charge in [-0.3, -0.25) is 4.79 Å². The number of carbonyl (C=O) groups is 1. The third-order valence-electron chi connectivity index (χ3n) is 3.68. The number of hydrogen-bond donors (Lipinski definition) is 1. The van der Waals surface area contributed by atoms with E-state index < -0.39 is 10.0 Å². The van der Waals surface area contributed by atoms with Crippen molar-refractivity contribution < 1.29 is 13.2 Å². The number of nitrogens with one attached hydrogen (secondary N) is 1. The Hall–Kier alpha value is -0.620. The minimum atomic E-state index is -3.12. The molecule has 0 aromatic heterocycles. The summed E-state index contributed by atoms with van der Waals surface area (Å²) in [6, 6.07) is 0.223. The second-order valence-electron chi connectivity index (χ2n) is 5.41. The molecule has 104 valence electrons. The lowest BCUT2D eigenvalue weighted by Crippen LogP contribution is -2.45. The van der Waals surface area contributed by atoms with Crippen LogP contribution in [0.4, 0.5) is 0 Å². The van der Waals surface area contributed by atoms with E-state index in [0.29, 0.717) is 12.5 Å². The summed E-state index contributed by atoms with van der Waals surface area (Å²) in [7, 11) is -3.12. The van der Waals surface area contributed by atoms with Crippen molar-refractivity contribution in [2.45, 2.75) is 44.6 Å². The number of sulfonamides is 1. The number of amides is 1. The second kappa shape index (κ2) is 5.57. The first-order chi connectivity index (χ1) is 8.47. The highest BCUT2D eigenvalue weighted by Crippen LogP contribution is 2.33. The molecular weight excluding hydrogens is 252 g/mol. The molecule has 18 heavy (non-hydrogen) atoms. The topological polar surface area (TPSA) is 66.5 Å². The number of hydrogen-bond acceptors (Lipinski definition) is 3. The highest BCUT2D eigenvalue weighted by Gasteiger charge is 2.36. The summed E-state index contributed by atoms with van der Waals surface area (Å²) in [4.78, 5) is 14.1. The first kappa shape index (κ1) is 13.8. The molecule has 1 amide bonds. The molecule has 2 fully saturated rings. The van der Waals surface area contributed by atoms with E-state index >= 15 is 0 Å². The Bertz CT molecular complexity index is 404. The SMILES string of the molecule is CS(=O)(=O)NCCC1CCCCN1C(=O)C1CC1. The fraction of sp³-hybridized carbons (Fsp3) is 0.917. The number of carbonyl (C=O) groups excluding carboxylic acids is 1. The Balaban J connectivity index is 1.85. The Labute approximate surface area is 109 Å². The van der Waals surface area contributed by atoms with Gasteiger partial charge in [0, 0.05) is 25.0 Å². The number of piperidine rings is 1. The van der Waals surface area contributed by atoms with Crippen LogP contribution in [0.15, 0.2) is 0 Å². The maximum atomic E-state index is 12.1. The Morgan fingerprint density at radius 1 is 1.28 bits per heavy atom. The van der Waals surface area contributed by atoms with Crippen LogP contribution in [-0.4, -0.2) is 44.6 Å². The number of nitrogens with zero attached hydrogens (tertiary/aromatic N) is 1. The van der Waals surface area contributed by atoms with E-state index in [4.69, 9.17) is 0 Å². The van der Waals surface area contributed by atoms with Gasteiger partial charge in [-0.1, -0.05) is 0 Å². The van der Waals surface area contributed by atoms with Gasteiger partial charge < -0.3 is 4.90 Å². The highest BCUT2D eigenvalue weighted by atomic mass is 32.2. The predicted octanol–water partition coefficient (Wildman–Crippen LogP) is 0.717. The van der Waals surface area contributed by atoms with E-state index in [1.165, 1.54) is 6.26 Å². The fourth-order valence-electron chi connectivity index (χ4n) is 2.57. The molecule has 0 bridgehead atoms. The molecule has 5 nitrogen and oxygen atoms in total. The third-order valence-corrected chi connectivity index (χ3v) is 4.41. The molecule has 1 saturated heterocycles. The van der Waals surface area contributed by atoms with Crippen molar-refractivity contribution in [2.75, 3.05) is 19.3 Å². The van der Waals surface area contributed by atoms with Gasteiger partial charge in [0.15, 0.2) is 0 Å². The molecule has 2 rings (SSSR count). The average molecular weight is 274 g/mol. The lowest BCUT2D eigenvalue weighted by Gasteiger charge is -2.36. The Kier molecular flexibility index (Phi) is 4.27.